The summed E-state index contributed by atoms with van der Waals surface area (Å²) in [7, 11) is 0. The molecule has 184 valence electrons. The fourth-order valence-electron chi connectivity index (χ4n) is 6.81. The van der Waals surface area contributed by atoms with Crippen LogP contribution in [0.15, 0.2) is 34.2 Å². The molecule has 0 unspecified atom stereocenters. The van der Waals surface area contributed by atoms with Gasteiger partial charge in [0.25, 0.3) is 5.56 Å². The van der Waals surface area contributed by atoms with Crippen molar-refractivity contribution >= 4 is 28.6 Å². The number of nitrogens with zero attached hydrogens (tertiary/aromatic N) is 2. The molecule has 34 heavy (non-hydrogen) atoms. The van der Waals surface area contributed by atoms with Crippen molar-refractivity contribution in [3.05, 3.63) is 34.6 Å². The molecule has 0 saturated heterocycles. The SMILES string of the molecule is CC(C)OCCCn1c(S[C@@H](C)C(=O)NC23CC4CC(CC(C4)C2)C3)nc2ccccc2c1=O. The van der Waals surface area contributed by atoms with E-state index in [4.69, 9.17) is 9.72 Å². The highest BCUT2D eigenvalue weighted by atomic mass is 32.2. The van der Waals surface area contributed by atoms with Gasteiger partial charge in [0.2, 0.25) is 5.91 Å². The maximum Gasteiger partial charge on any atom is 0.262 e. The molecule has 4 aliphatic rings. The van der Waals surface area contributed by atoms with Crippen molar-refractivity contribution in [3.63, 3.8) is 0 Å². The number of carbonyl (C=O) groups is 1. The molecular weight excluding hydrogens is 446 g/mol. The Morgan fingerprint density at radius 3 is 2.44 bits per heavy atom. The van der Waals surface area contributed by atoms with Gasteiger partial charge in [-0.1, -0.05) is 23.9 Å². The molecule has 2 aromatic rings. The van der Waals surface area contributed by atoms with Crippen LogP contribution in [-0.4, -0.2) is 39.0 Å². The number of ether oxygens (including phenoxy) is 1. The Hall–Kier alpha value is -1.86. The van der Waals surface area contributed by atoms with Crippen LogP contribution >= 0.6 is 11.8 Å². The molecule has 1 atom stereocenters. The van der Waals surface area contributed by atoms with E-state index in [1.54, 1.807) is 4.57 Å². The van der Waals surface area contributed by atoms with Crippen molar-refractivity contribution < 1.29 is 9.53 Å². The summed E-state index contributed by atoms with van der Waals surface area (Å²) in [6.45, 7) is 7.07. The zero-order valence-electron chi connectivity index (χ0n) is 20.6. The summed E-state index contributed by atoms with van der Waals surface area (Å²) >= 11 is 1.40. The van der Waals surface area contributed by atoms with Gasteiger partial charge in [0.05, 0.1) is 22.3 Å². The highest BCUT2D eigenvalue weighted by molar-refractivity contribution is 8.00. The fourth-order valence-corrected chi connectivity index (χ4v) is 7.75. The highest BCUT2D eigenvalue weighted by Crippen LogP contribution is 2.55. The molecule has 1 aromatic carbocycles. The van der Waals surface area contributed by atoms with Gasteiger partial charge in [-0.2, -0.15) is 0 Å². The fraction of sp³-hybridized carbons (Fsp3) is 0.667. The number of carbonyl (C=O) groups excluding carboxylic acids is 1. The topological polar surface area (TPSA) is 73.2 Å². The minimum absolute atomic E-state index is 0.00861. The van der Waals surface area contributed by atoms with Crippen molar-refractivity contribution in [2.24, 2.45) is 17.8 Å². The molecule has 0 spiro atoms. The second kappa shape index (κ2) is 9.65. The molecule has 1 heterocycles. The van der Waals surface area contributed by atoms with Crippen LogP contribution in [-0.2, 0) is 16.1 Å². The summed E-state index contributed by atoms with van der Waals surface area (Å²) < 4.78 is 7.41. The number of aromatic nitrogens is 2. The number of thioether (sulfide) groups is 1. The van der Waals surface area contributed by atoms with E-state index in [0.717, 1.165) is 43.4 Å². The summed E-state index contributed by atoms with van der Waals surface area (Å²) in [5, 5.41) is 4.39. The lowest BCUT2D eigenvalue weighted by molar-refractivity contribution is -0.126. The van der Waals surface area contributed by atoms with Crippen LogP contribution in [0.1, 0.15) is 65.7 Å². The lowest BCUT2D eigenvalue weighted by Gasteiger charge is -2.57. The molecule has 7 heteroatoms. The molecule has 4 bridgehead atoms. The first-order valence-corrected chi connectivity index (χ1v) is 13.8. The molecule has 0 aliphatic heterocycles. The van der Waals surface area contributed by atoms with Gasteiger partial charge in [-0.3, -0.25) is 14.2 Å². The summed E-state index contributed by atoms with van der Waals surface area (Å²) in [6.07, 6.45) is 8.35. The molecule has 1 aromatic heterocycles. The second-order valence-corrected chi connectivity index (χ2v) is 12.4. The van der Waals surface area contributed by atoms with Crippen LogP contribution in [0.5, 0.6) is 0 Å². The Bertz CT molecular complexity index is 1080. The van der Waals surface area contributed by atoms with Crippen molar-refractivity contribution in [2.75, 3.05) is 6.61 Å². The van der Waals surface area contributed by atoms with Crippen molar-refractivity contribution in [1.82, 2.24) is 14.9 Å². The number of fused-ring (bicyclic) bond motifs is 1. The monoisotopic (exact) mass is 483 g/mol. The van der Waals surface area contributed by atoms with Gasteiger partial charge in [0.15, 0.2) is 5.16 Å². The minimum Gasteiger partial charge on any atom is -0.379 e. The zero-order valence-corrected chi connectivity index (χ0v) is 21.4. The van der Waals surface area contributed by atoms with Crippen LogP contribution < -0.4 is 10.9 Å². The smallest absolute Gasteiger partial charge is 0.262 e. The Morgan fingerprint density at radius 2 is 1.79 bits per heavy atom. The van der Waals surface area contributed by atoms with Crippen LogP contribution in [0.4, 0.5) is 0 Å². The van der Waals surface area contributed by atoms with Crippen molar-refractivity contribution in [2.45, 2.75) is 94.3 Å². The minimum atomic E-state index is -0.320. The second-order valence-electron chi connectivity index (χ2n) is 11.1. The van der Waals surface area contributed by atoms with E-state index < -0.39 is 0 Å². The molecule has 6 rings (SSSR count). The zero-order chi connectivity index (χ0) is 23.9. The maximum atomic E-state index is 13.4. The largest absolute Gasteiger partial charge is 0.379 e. The molecule has 1 N–H and O–H groups in total. The summed E-state index contributed by atoms with van der Waals surface area (Å²) in [5.74, 6) is 2.43. The van der Waals surface area contributed by atoms with E-state index in [1.165, 1.54) is 31.0 Å². The first kappa shape index (κ1) is 23.9. The summed E-state index contributed by atoms with van der Waals surface area (Å²) in [6, 6.07) is 7.45. The van der Waals surface area contributed by atoms with E-state index in [2.05, 4.69) is 5.32 Å². The number of hydrogen-bond donors (Lipinski definition) is 1. The number of benzene rings is 1. The van der Waals surface area contributed by atoms with Crippen LogP contribution in [0.3, 0.4) is 0 Å². The van der Waals surface area contributed by atoms with Gasteiger partial charge in [0.1, 0.15) is 0 Å². The Labute approximate surface area is 206 Å². The van der Waals surface area contributed by atoms with Crippen molar-refractivity contribution in [1.29, 1.82) is 0 Å². The first-order valence-electron chi connectivity index (χ1n) is 12.9. The van der Waals surface area contributed by atoms with Gasteiger partial charge >= 0.3 is 0 Å². The average molecular weight is 484 g/mol. The lowest BCUT2D eigenvalue weighted by atomic mass is 9.53. The van der Waals surface area contributed by atoms with Gasteiger partial charge in [-0.05, 0) is 95.6 Å². The molecule has 4 saturated carbocycles. The number of hydrogen-bond acceptors (Lipinski definition) is 5. The lowest BCUT2D eigenvalue weighted by Crippen LogP contribution is -2.60. The van der Waals surface area contributed by atoms with Gasteiger partial charge in [-0.15, -0.1) is 0 Å². The van der Waals surface area contributed by atoms with Gasteiger partial charge in [-0.25, -0.2) is 4.98 Å². The van der Waals surface area contributed by atoms with E-state index >= 15 is 0 Å². The molecule has 4 aliphatic carbocycles. The van der Waals surface area contributed by atoms with Crippen molar-refractivity contribution in [3.8, 4) is 0 Å². The molecule has 1 amide bonds. The third-order valence-corrected chi connectivity index (χ3v) is 8.97. The maximum absolute atomic E-state index is 13.4. The van der Waals surface area contributed by atoms with E-state index in [0.29, 0.717) is 29.2 Å². The number of amides is 1. The standard InChI is InChI=1S/C27H37N3O3S/c1-17(2)33-10-6-9-30-25(32)22-7-4-5-8-23(22)28-26(30)34-18(3)24(31)29-27-14-19-11-20(15-27)13-21(12-19)16-27/h4-5,7-8,17-21H,6,9-16H2,1-3H3,(H,29,31)/t18-,19?,20?,21?,27?/m0/s1. The molecule has 4 fully saturated rings. The number of rotatable bonds is 9. The predicted molar refractivity (Wildman–Crippen MR) is 136 cm³/mol. The van der Waals surface area contributed by atoms with Crippen LogP contribution in [0.25, 0.3) is 10.9 Å². The van der Waals surface area contributed by atoms with Crippen LogP contribution in [0, 0.1) is 17.8 Å². The third kappa shape index (κ3) is 4.92. The third-order valence-electron chi connectivity index (χ3n) is 7.88. The summed E-state index contributed by atoms with van der Waals surface area (Å²) in [4.78, 5) is 31.5. The Kier molecular flexibility index (Phi) is 6.77. The quantitative estimate of drug-likeness (QED) is 0.316. The Morgan fingerprint density at radius 1 is 1.15 bits per heavy atom. The van der Waals surface area contributed by atoms with Gasteiger partial charge in [0, 0.05) is 18.7 Å². The summed E-state index contributed by atoms with van der Waals surface area (Å²) in [5.41, 5.74) is 0.621. The van der Waals surface area contributed by atoms with E-state index in [9.17, 15) is 9.59 Å². The van der Waals surface area contributed by atoms with E-state index in [1.807, 2.05) is 45.0 Å². The predicted octanol–water partition coefficient (Wildman–Crippen LogP) is 4.78. The first-order chi connectivity index (χ1) is 16.3. The Balaban J connectivity index is 1.33. The van der Waals surface area contributed by atoms with E-state index in [-0.39, 0.29) is 28.4 Å². The highest BCUT2D eigenvalue weighted by Gasteiger charge is 2.51. The molecular formula is C27H37N3O3S. The normalized spacial score (nSPS) is 28.5. The van der Waals surface area contributed by atoms with Gasteiger partial charge < -0.3 is 10.1 Å². The van der Waals surface area contributed by atoms with Crippen LogP contribution in [0.2, 0.25) is 0 Å². The number of nitrogens with one attached hydrogen (secondary N) is 1. The number of para-hydroxylation sites is 1. The average Bonchev–Trinajstić information content (AvgIpc) is 2.77. The molecule has 6 nitrogen and oxygen atoms in total. The molecule has 0 radical (unpaired) electrons.